The Morgan fingerprint density at radius 1 is 1.46 bits per heavy atom. The smallest absolute Gasteiger partial charge is 0.313 e. The molecule has 146 valence electrons. The highest BCUT2D eigenvalue weighted by Gasteiger charge is 2.48. The van der Waals surface area contributed by atoms with Gasteiger partial charge in [-0.3, -0.25) is 14.8 Å². The second-order valence-corrected chi connectivity index (χ2v) is 8.66. The van der Waals surface area contributed by atoms with Crippen LogP contribution in [0.3, 0.4) is 0 Å². The van der Waals surface area contributed by atoms with Crippen LogP contribution in [0.4, 0.5) is 4.79 Å². The summed E-state index contributed by atoms with van der Waals surface area (Å²) in [6.45, 7) is 1.02. The Hall–Kier alpha value is -1.41. The van der Waals surface area contributed by atoms with Crippen molar-refractivity contribution in [2.24, 2.45) is 0 Å². The number of hydroxylamine groups is 2. The Kier molecular flexibility index (Phi) is 5.72. The zero-order valence-corrected chi connectivity index (χ0v) is 15.5. The molecule has 3 rings (SSSR count). The summed E-state index contributed by atoms with van der Waals surface area (Å²) in [5.41, 5.74) is 0. The van der Waals surface area contributed by atoms with Gasteiger partial charge in [-0.25, -0.2) is 4.79 Å². The summed E-state index contributed by atoms with van der Waals surface area (Å²) in [4.78, 5) is 25.7. The molecule has 3 amide bonds. The number of nitrogens with zero attached hydrogens (tertiary/aromatic N) is 2. The lowest BCUT2D eigenvalue weighted by Crippen LogP contribution is -2.51. The molecule has 3 heterocycles. The number of amidine groups is 1. The lowest BCUT2D eigenvalue weighted by molar-refractivity contribution is -0.119. The predicted molar refractivity (Wildman–Crippen MR) is 92.7 cm³/mol. The van der Waals surface area contributed by atoms with Crippen LogP contribution in [-0.4, -0.2) is 77.0 Å². The molecule has 0 saturated carbocycles. The minimum atomic E-state index is -4.81. The van der Waals surface area contributed by atoms with Gasteiger partial charge in [-0.05, 0) is 31.6 Å². The third kappa shape index (κ3) is 4.46. The molecule has 4 N–H and O–H groups in total. The molecule has 3 fully saturated rings. The van der Waals surface area contributed by atoms with Gasteiger partial charge in [0.15, 0.2) is 0 Å². The van der Waals surface area contributed by atoms with Crippen molar-refractivity contribution in [2.75, 3.05) is 18.8 Å². The van der Waals surface area contributed by atoms with Crippen LogP contribution in [0, 0.1) is 5.41 Å². The SMILES string of the molecule is N=C(NC(=O)CC1NCCCS1)C1CCC2CN1C(=O)N2OS(=O)(=O)O. The number of piperidine rings is 1. The van der Waals surface area contributed by atoms with E-state index in [4.69, 9.17) is 9.96 Å². The molecule has 3 saturated heterocycles. The maximum absolute atomic E-state index is 12.3. The highest BCUT2D eigenvalue weighted by atomic mass is 32.3. The van der Waals surface area contributed by atoms with E-state index >= 15 is 0 Å². The molecule has 13 heteroatoms. The standard InChI is InChI=1S/C13H21N5O6S2/c14-12(16-10(19)6-11-15-4-1-5-25-11)9-3-2-8-7-17(9)13(20)18(8)24-26(21,22)23/h8-9,11,15H,1-7H2,(H2,14,16,19)(H,21,22,23). The fraction of sp³-hybridized carbons (Fsp3) is 0.769. The molecule has 26 heavy (non-hydrogen) atoms. The summed E-state index contributed by atoms with van der Waals surface area (Å²) in [6.07, 6.45) is 2.06. The van der Waals surface area contributed by atoms with Crippen LogP contribution in [0.5, 0.6) is 0 Å². The van der Waals surface area contributed by atoms with Crippen molar-refractivity contribution in [2.45, 2.75) is 43.1 Å². The van der Waals surface area contributed by atoms with Gasteiger partial charge in [0, 0.05) is 6.54 Å². The molecule has 3 aliphatic rings. The van der Waals surface area contributed by atoms with Gasteiger partial charge >= 0.3 is 16.4 Å². The number of fused-ring (bicyclic) bond motifs is 2. The van der Waals surface area contributed by atoms with Gasteiger partial charge in [-0.15, -0.1) is 16.0 Å². The number of rotatable bonds is 5. The molecule has 0 aromatic carbocycles. The number of amides is 3. The van der Waals surface area contributed by atoms with E-state index in [1.54, 1.807) is 11.8 Å². The summed E-state index contributed by atoms with van der Waals surface area (Å²) < 4.78 is 34.9. The molecule has 3 atom stereocenters. The van der Waals surface area contributed by atoms with E-state index < -0.39 is 28.5 Å². The minimum Gasteiger partial charge on any atom is -0.313 e. The average molecular weight is 407 g/mol. The average Bonchev–Trinajstić information content (AvgIpc) is 2.79. The maximum atomic E-state index is 12.3. The molecule has 2 bridgehead atoms. The maximum Gasteiger partial charge on any atom is 0.418 e. The fourth-order valence-electron chi connectivity index (χ4n) is 3.34. The highest BCUT2D eigenvalue weighted by molar-refractivity contribution is 7.99. The molecule has 0 aromatic rings. The summed E-state index contributed by atoms with van der Waals surface area (Å²) >= 11 is 1.66. The van der Waals surface area contributed by atoms with Crippen molar-refractivity contribution in [3.05, 3.63) is 0 Å². The van der Waals surface area contributed by atoms with Crippen molar-refractivity contribution < 1.29 is 26.8 Å². The van der Waals surface area contributed by atoms with Gasteiger partial charge in [0.05, 0.1) is 23.9 Å². The molecule has 11 nitrogen and oxygen atoms in total. The first-order chi connectivity index (χ1) is 12.2. The number of nitrogens with one attached hydrogen (secondary N) is 3. The third-order valence-corrected chi connectivity index (χ3v) is 6.10. The van der Waals surface area contributed by atoms with Crippen LogP contribution in [0.25, 0.3) is 0 Å². The molecule has 3 aliphatic heterocycles. The highest BCUT2D eigenvalue weighted by Crippen LogP contribution is 2.30. The number of hydrogen-bond acceptors (Lipinski definition) is 8. The van der Waals surface area contributed by atoms with Gasteiger partial charge in [0.2, 0.25) is 5.91 Å². The largest absolute Gasteiger partial charge is 0.418 e. The van der Waals surface area contributed by atoms with Gasteiger partial charge in [-0.1, -0.05) is 0 Å². The Bertz CT molecular complexity index is 695. The minimum absolute atomic E-state index is 0.0133. The van der Waals surface area contributed by atoms with Crippen molar-refractivity contribution in [3.63, 3.8) is 0 Å². The normalized spacial score (nSPS) is 29.0. The molecule has 0 aliphatic carbocycles. The summed E-state index contributed by atoms with van der Waals surface area (Å²) in [5.74, 6) is 0.580. The number of urea groups is 1. The zero-order valence-electron chi connectivity index (χ0n) is 13.9. The molecular weight excluding hydrogens is 386 g/mol. The summed E-state index contributed by atoms with van der Waals surface area (Å²) in [5, 5.41) is 14.5. The molecule has 3 unspecified atom stereocenters. The van der Waals surface area contributed by atoms with Crippen LogP contribution in [0.1, 0.15) is 25.7 Å². The van der Waals surface area contributed by atoms with E-state index in [1.807, 2.05) is 0 Å². The first-order valence-corrected chi connectivity index (χ1v) is 10.7. The van der Waals surface area contributed by atoms with Crippen LogP contribution < -0.4 is 10.6 Å². The summed E-state index contributed by atoms with van der Waals surface area (Å²) in [7, 11) is -4.81. The topological polar surface area (TPSA) is 152 Å². The first kappa shape index (κ1) is 19.4. The monoisotopic (exact) mass is 407 g/mol. The quantitative estimate of drug-likeness (QED) is 0.271. The second-order valence-electron chi connectivity index (χ2n) is 6.34. The van der Waals surface area contributed by atoms with Crippen molar-refractivity contribution >= 4 is 39.9 Å². The van der Waals surface area contributed by atoms with Crippen LogP contribution in [-0.2, 0) is 19.5 Å². The van der Waals surface area contributed by atoms with Gasteiger partial charge in [0.25, 0.3) is 0 Å². The second kappa shape index (κ2) is 7.68. The molecule has 0 radical (unpaired) electrons. The van der Waals surface area contributed by atoms with E-state index in [9.17, 15) is 18.0 Å². The van der Waals surface area contributed by atoms with Crippen LogP contribution in [0.15, 0.2) is 0 Å². The van der Waals surface area contributed by atoms with Gasteiger partial charge in [-0.2, -0.15) is 13.5 Å². The molecule has 0 aromatic heterocycles. The fourth-order valence-corrected chi connectivity index (χ4v) is 4.82. The van der Waals surface area contributed by atoms with Crippen LogP contribution >= 0.6 is 11.8 Å². The Labute approximate surface area is 155 Å². The molecular formula is C13H21N5O6S2. The number of thioether (sulfide) groups is 1. The Morgan fingerprint density at radius 3 is 2.88 bits per heavy atom. The lowest BCUT2D eigenvalue weighted by Gasteiger charge is -2.31. The van der Waals surface area contributed by atoms with E-state index in [2.05, 4.69) is 14.9 Å². The van der Waals surface area contributed by atoms with Gasteiger partial charge in [0.1, 0.15) is 5.84 Å². The van der Waals surface area contributed by atoms with Crippen molar-refractivity contribution in [1.82, 2.24) is 20.6 Å². The Morgan fingerprint density at radius 2 is 2.23 bits per heavy atom. The number of carbonyl (C=O) groups is 2. The molecule has 0 spiro atoms. The number of carbonyl (C=O) groups excluding carboxylic acids is 2. The van der Waals surface area contributed by atoms with E-state index in [0.717, 1.165) is 18.7 Å². The van der Waals surface area contributed by atoms with Crippen molar-refractivity contribution in [1.29, 1.82) is 5.41 Å². The van der Waals surface area contributed by atoms with Gasteiger partial charge < -0.3 is 15.5 Å². The van der Waals surface area contributed by atoms with E-state index in [1.165, 1.54) is 4.90 Å². The Balaban J connectivity index is 1.57. The zero-order chi connectivity index (χ0) is 18.9. The predicted octanol–water partition coefficient (Wildman–Crippen LogP) is -0.474. The number of hydrogen-bond donors (Lipinski definition) is 4. The first-order valence-electron chi connectivity index (χ1n) is 8.25. The lowest BCUT2D eigenvalue weighted by atomic mass is 10.00. The third-order valence-electron chi connectivity index (χ3n) is 4.49. The van der Waals surface area contributed by atoms with Crippen molar-refractivity contribution in [3.8, 4) is 0 Å². The summed E-state index contributed by atoms with van der Waals surface area (Å²) in [6, 6.07) is -1.93. The van der Waals surface area contributed by atoms with E-state index in [0.29, 0.717) is 17.9 Å². The van der Waals surface area contributed by atoms with E-state index in [-0.39, 0.29) is 30.1 Å². The van der Waals surface area contributed by atoms with Crippen LogP contribution in [0.2, 0.25) is 0 Å².